The number of nitro benzene ring substituents is 1. The molecule has 0 spiro atoms. The quantitative estimate of drug-likeness (QED) is 0.214. The lowest BCUT2D eigenvalue weighted by Crippen LogP contribution is -2.31. The van der Waals surface area contributed by atoms with Crippen molar-refractivity contribution in [1.29, 1.82) is 0 Å². The van der Waals surface area contributed by atoms with E-state index < -0.39 is 28.4 Å². The smallest absolute Gasteiger partial charge is 0.302 e. The number of carbonyl (C=O) groups excluding carboxylic acids is 2. The van der Waals surface area contributed by atoms with Gasteiger partial charge >= 0.3 is 5.91 Å². The van der Waals surface area contributed by atoms with Crippen molar-refractivity contribution in [1.82, 2.24) is 9.97 Å². The van der Waals surface area contributed by atoms with Crippen LogP contribution in [0.1, 0.15) is 17.2 Å². The van der Waals surface area contributed by atoms with E-state index in [1.165, 1.54) is 55.9 Å². The van der Waals surface area contributed by atoms with Crippen LogP contribution in [-0.4, -0.2) is 38.8 Å². The molecule has 1 saturated heterocycles. The highest BCUT2D eigenvalue weighted by Crippen LogP contribution is 2.41. The van der Waals surface area contributed by atoms with Crippen LogP contribution in [0, 0.1) is 10.1 Å². The zero-order valence-corrected chi connectivity index (χ0v) is 16.7. The minimum absolute atomic E-state index is 0.0695. The number of carbonyl (C=O) groups is 2. The van der Waals surface area contributed by atoms with E-state index >= 15 is 0 Å². The van der Waals surface area contributed by atoms with Gasteiger partial charge < -0.3 is 9.84 Å². The second kappa shape index (κ2) is 8.26. The highest BCUT2D eigenvalue weighted by molar-refractivity contribution is 6.51. The predicted molar refractivity (Wildman–Crippen MR) is 113 cm³/mol. The minimum Gasteiger partial charge on any atom is -0.507 e. The van der Waals surface area contributed by atoms with E-state index in [9.17, 15) is 24.8 Å². The molecule has 1 amide bonds. The molecular formula is C22H16N4O6. The highest BCUT2D eigenvalue weighted by atomic mass is 16.6. The van der Waals surface area contributed by atoms with Crippen molar-refractivity contribution in [2.45, 2.75) is 6.04 Å². The molecule has 1 unspecified atom stereocenters. The number of aliphatic hydroxyl groups excluding tert-OH is 1. The van der Waals surface area contributed by atoms with Crippen LogP contribution in [0.25, 0.3) is 5.76 Å². The fourth-order valence-electron chi connectivity index (χ4n) is 3.48. The SMILES string of the molecule is COc1ccc(/C(O)=C2/C(=O)C(=O)N(c3ncccn3)C2c2cccc([N+](=O)[O-])c2)cc1. The molecule has 1 aromatic heterocycles. The second-order valence-corrected chi connectivity index (χ2v) is 6.80. The molecule has 0 radical (unpaired) electrons. The number of aliphatic hydroxyl groups is 1. The fourth-order valence-corrected chi connectivity index (χ4v) is 3.48. The number of aromatic nitrogens is 2. The molecular weight excluding hydrogens is 416 g/mol. The van der Waals surface area contributed by atoms with Crippen molar-refractivity contribution in [3.05, 3.63) is 93.8 Å². The second-order valence-electron chi connectivity index (χ2n) is 6.80. The average Bonchev–Trinajstić information content (AvgIpc) is 3.09. The summed E-state index contributed by atoms with van der Waals surface area (Å²) < 4.78 is 5.11. The zero-order valence-electron chi connectivity index (χ0n) is 16.7. The van der Waals surface area contributed by atoms with Crippen LogP contribution in [0.3, 0.4) is 0 Å². The van der Waals surface area contributed by atoms with Crippen molar-refractivity contribution in [2.75, 3.05) is 12.0 Å². The van der Waals surface area contributed by atoms with E-state index in [2.05, 4.69) is 9.97 Å². The number of Topliss-reactive ketones (excluding diaryl/α,β-unsaturated/α-hetero) is 1. The van der Waals surface area contributed by atoms with E-state index in [0.29, 0.717) is 5.75 Å². The third kappa shape index (κ3) is 3.54. The van der Waals surface area contributed by atoms with Crippen LogP contribution in [0.2, 0.25) is 0 Å². The number of anilines is 1. The molecule has 1 N–H and O–H groups in total. The van der Waals surface area contributed by atoms with Gasteiger partial charge in [-0.15, -0.1) is 0 Å². The third-order valence-electron chi connectivity index (χ3n) is 4.97. The zero-order chi connectivity index (χ0) is 22.8. The molecule has 1 aliphatic rings. The summed E-state index contributed by atoms with van der Waals surface area (Å²) in [4.78, 5) is 45.8. The summed E-state index contributed by atoms with van der Waals surface area (Å²) in [5.74, 6) is -1.87. The number of hydrogen-bond acceptors (Lipinski definition) is 8. The first-order valence-electron chi connectivity index (χ1n) is 9.39. The number of hydrogen-bond donors (Lipinski definition) is 1. The van der Waals surface area contributed by atoms with Crippen LogP contribution in [0.4, 0.5) is 11.6 Å². The largest absolute Gasteiger partial charge is 0.507 e. The number of non-ortho nitro benzene ring substituents is 1. The Morgan fingerprint density at radius 1 is 1.09 bits per heavy atom. The molecule has 2 heterocycles. The van der Waals surface area contributed by atoms with Crippen LogP contribution < -0.4 is 9.64 Å². The number of nitrogens with zero attached hydrogens (tertiary/aromatic N) is 4. The maximum Gasteiger partial charge on any atom is 0.302 e. The Hall–Kier alpha value is -4.60. The van der Waals surface area contributed by atoms with E-state index in [1.807, 2.05) is 0 Å². The van der Waals surface area contributed by atoms with Gasteiger partial charge in [-0.1, -0.05) is 12.1 Å². The van der Waals surface area contributed by atoms with Gasteiger partial charge in [-0.3, -0.25) is 24.6 Å². The molecule has 160 valence electrons. The summed E-state index contributed by atoms with van der Waals surface area (Å²) in [5, 5.41) is 22.3. The van der Waals surface area contributed by atoms with Crippen molar-refractivity contribution in [2.24, 2.45) is 0 Å². The molecule has 2 aromatic carbocycles. The number of ketones is 1. The van der Waals surface area contributed by atoms with Gasteiger partial charge in [0.1, 0.15) is 11.5 Å². The standard InChI is InChI=1S/C22H16N4O6/c1-32-16-8-6-13(7-9-16)19(27)17-18(14-4-2-5-15(12-14)26(30)31)25(21(29)20(17)28)22-23-10-3-11-24-22/h2-12,18,27H,1H3/b19-17-. The van der Waals surface area contributed by atoms with E-state index in [4.69, 9.17) is 4.74 Å². The van der Waals surface area contributed by atoms with Crippen molar-refractivity contribution in [3.8, 4) is 5.75 Å². The number of ether oxygens (including phenoxy) is 1. The van der Waals surface area contributed by atoms with Gasteiger partial charge in [0.25, 0.3) is 11.5 Å². The Kier molecular flexibility index (Phi) is 5.34. The average molecular weight is 432 g/mol. The first kappa shape index (κ1) is 20.7. The Balaban J connectivity index is 1.94. The highest BCUT2D eigenvalue weighted by Gasteiger charge is 2.48. The fraction of sp³-hybridized carbons (Fsp3) is 0.0909. The van der Waals surface area contributed by atoms with Gasteiger partial charge in [0.15, 0.2) is 0 Å². The lowest BCUT2D eigenvalue weighted by Gasteiger charge is -2.23. The Morgan fingerprint density at radius 3 is 2.41 bits per heavy atom. The Morgan fingerprint density at radius 2 is 1.78 bits per heavy atom. The van der Waals surface area contributed by atoms with Crippen LogP contribution in [0.15, 0.2) is 72.6 Å². The Bertz CT molecular complexity index is 1240. The van der Waals surface area contributed by atoms with E-state index in [-0.39, 0.29) is 28.3 Å². The van der Waals surface area contributed by atoms with Gasteiger partial charge in [-0.2, -0.15) is 0 Å². The van der Waals surface area contributed by atoms with Gasteiger partial charge in [0.05, 0.1) is 23.6 Å². The minimum atomic E-state index is -1.17. The molecule has 4 rings (SSSR count). The maximum absolute atomic E-state index is 13.0. The molecule has 3 aromatic rings. The summed E-state index contributed by atoms with van der Waals surface area (Å²) in [6, 6.07) is 12.1. The van der Waals surface area contributed by atoms with Crippen LogP contribution in [0.5, 0.6) is 5.75 Å². The molecule has 10 heteroatoms. The summed E-state index contributed by atoms with van der Waals surface area (Å²) in [7, 11) is 1.49. The summed E-state index contributed by atoms with van der Waals surface area (Å²) >= 11 is 0. The third-order valence-corrected chi connectivity index (χ3v) is 4.97. The van der Waals surface area contributed by atoms with Crippen molar-refractivity contribution in [3.63, 3.8) is 0 Å². The topological polar surface area (TPSA) is 136 Å². The molecule has 1 fully saturated rings. The predicted octanol–water partition coefficient (Wildman–Crippen LogP) is 3.02. The van der Waals surface area contributed by atoms with Gasteiger partial charge in [-0.25, -0.2) is 9.97 Å². The monoisotopic (exact) mass is 432 g/mol. The summed E-state index contributed by atoms with van der Waals surface area (Å²) in [6.07, 6.45) is 2.80. The number of rotatable bonds is 5. The molecule has 0 aliphatic carbocycles. The van der Waals surface area contributed by atoms with Gasteiger partial charge in [0, 0.05) is 30.1 Å². The molecule has 10 nitrogen and oxygen atoms in total. The first-order chi connectivity index (χ1) is 15.4. The number of nitro groups is 1. The number of methoxy groups -OCH3 is 1. The molecule has 1 atom stereocenters. The maximum atomic E-state index is 13.0. The van der Waals surface area contributed by atoms with Crippen molar-refractivity contribution < 1.29 is 24.4 Å². The van der Waals surface area contributed by atoms with Gasteiger partial charge in [-0.05, 0) is 35.9 Å². The molecule has 1 aliphatic heterocycles. The molecule has 0 bridgehead atoms. The molecule has 32 heavy (non-hydrogen) atoms. The van der Waals surface area contributed by atoms with Crippen LogP contribution in [-0.2, 0) is 9.59 Å². The lowest BCUT2D eigenvalue weighted by atomic mass is 9.95. The van der Waals surface area contributed by atoms with Gasteiger partial charge in [0.2, 0.25) is 5.95 Å². The van der Waals surface area contributed by atoms with E-state index in [0.717, 1.165) is 4.90 Å². The lowest BCUT2D eigenvalue weighted by molar-refractivity contribution is -0.384. The first-order valence-corrected chi connectivity index (χ1v) is 9.39. The van der Waals surface area contributed by atoms with Crippen LogP contribution >= 0.6 is 0 Å². The number of benzene rings is 2. The normalized spacial score (nSPS) is 17.4. The Labute approximate surface area is 181 Å². The summed E-state index contributed by atoms with van der Waals surface area (Å²) in [5.41, 5.74) is 0.0637. The van der Waals surface area contributed by atoms with Crippen molar-refractivity contribution >= 4 is 29.1 Å². The summed E-state index contributed by atoms with van der Waals surface area (Å²) in [6.45, 7) is 0. The molecule has 0 saturated carbocycles. The number of amides is 1. The van der Waals surface area contributed by atoms with E-state index in [1.54, 1.807) is 18.2 Å².